The highest BCUT2D eigenvalue weighted by Gasteiger charge is 2.19. The molecule has 3 rings (SSSR count). The third kappa shape index (κ3) is 6.01. The Morgan fingerprint density at radius 3 is 2.74 bits per heavy atom. The minimum atomic E-state index is -0.235. The van der Waals surface area contributed by atoms with Crippen LogP contribution in [-0.4, -0.2) is 45.7 Å². The number of pyridine rings is 1. The number of aromatic nitrogens is 3. The van der Waals surface area contributed by atoms with Gasteiger partial charge in [-0.2, -0.15) is 11.8 Å². The van der Waals surface area contributed by atoms with Crippen molar-refractivity contribution in [1.82, 2.24) is 19.9 Å². The Balaban J connectivity index is 1.75. The molecular weight excluding hydrogens is 412 g/mol. The van der Waals surface area contributed by atoms with Gasteiger partial charge in [0.15, 0.2) is 23.0 Å². The number of hydrogen-bond donors (Lipinski definition) is 1. The largest absolute Gasteiger partial charge is 0.490 e. The van der Waals surface area contributed by atoms with Gasteiger partial charge in [0, 0.05) is 12.3 Å². The van der Waals surface area contributed by atoms with Crippen LogP contribution in [0.2, 0.25) is 0 Å². The summed E-state index contributed by atoms with van der Waals surface area (Å²) in [6, 6.07) is 11.1. The highest BCUT2D eigenvalue weighted by atomic mass is 32.2. The molecule has 2 aromatic heterocycles. The van der Waals surface area contributed by atoms with Crippen molar-refractivity contribution in [2.24, 2.45) is 0 Å². The van der Waals surface area contributed by atoms with Crippen LogP contribution in [0.15, 0.2) is 48.7 Å². The molecule has 8 heteroatoms. The molecular formula is C23H28N4O3S. The normalized spacial score (nSPS) is 12.2. The van der Waals surface area contributed by atoms with E-state index in [1.807, 2.05) is 67.1 Å². The van der Waals surface area contributed by atoms with Crippen molar-refractivity contribution in [2.75, 3.05) is 25.2 Å². The zero-order valence-corrected chi connectivity index (χ0v) is 18.9. The lowest BCUT2D eigenvalue weighted by Gasteiger charge is -2.16. The summed E-state index contributed by atoms with van der Waals surface area (Å²) in [5.41, 5.74) is 1.62. The number of ether oxygens (including phenoxy) is 2. The van der Waals surface area contributed by atoms with Gasteiger partial charge < -0.3 is 14.8 Å². The molecule has 0 aliphatic carbocycles. The average Bonchev–Trinajstić information content (AvgIpc) is 3.21. The third-order valence-electron chi connectivity index (χ3n) is 4.57. The molecule has 1 unspecified atom stereocenters. The van der Waals surface area contributed by atoms with Gasteiger partial charge in [0.2, 0.25) is 5.91 Å². The van der Waals surface area contributed by atoms with Gasteiger partial charge in [-0.25, -0.2) is 0 Å². The van der Waals surface area contributed by atoms with Gasteiger partial charge in [0.25, 0.3) is 0 Å². The first kappa shape index (κ1) is 22.7. The van der Waals surface area contributed by atoms with Gasteiger partial charge in [-0.3, -0.25) is 9.20 Å². The summed E-state index contributed by atoms with van der Waals surface area (Å²) in [4.78, 5) is 12.7. The van der Waals surface area contributed by atoms with Crippen molar-refractivity contribution in [2.45, 2.75) is 26.3 Å². The van der Waals surface area contributed by atoms with Crippen molar-refractivity contribution >= 4 is 29.4 Å². The minimum Gasteiger partial charge on any atom is -0.490 e. The number of nitrogens with one attached hydrogen (secondary N) is 1. The molecule has 0 radical (unpaired) electrons. The fourth-order valence-corrected chi connectivity index (χ4v) is 3.63. The van der Waals surface area contributed by atoms with Crippen LogP contribution in [-0.2, 0) is 4.79 Å². The van der Waals surface area contributed by atoms with Crippen molar-refractivity contribution < 1.29 is 14.3 Å². The molecule has 1 N–H and O–H groups in total. The number of rotatable bonds is 11. The second-order valence-electron chi connectivity index (χ2n) is 6.74. The monoisotopic (exact) mass is 440 g/mol. The Hall–Kier alpha value is -3.00. The van der Waals surface area contributed by atoms with E-state index in [0.29, 0.717) is 24.7 Å². The molecule has 1 aromatic carbocycles. The van der Waals surface area contributed by atoms with E-state index in [4.69, 9.17) is 9.47 Å². The summed E-state index contributed by atoms with van der Waals surface area (Å²) >= 11 is 1.73. The molecule has 2 heterocycles. The van der Waals surface area contributed by atoms with E-state index in [2.05, 4.69) is 15.5 Å². The summed E-state index contributed by atoms with van der Waals surface area (Å²) in [6.07, 6.45) is 8.01. The molecule has 1 amide bonds. The van der Waals surface area contributed by atoms with Crippen LogP contribution in [0, 0.1) is 0 Å². The molecule has 0 saturated carbocycles. The molecule has 3 aromatic rings. The lowest BCUT2D eigenvalue weighted by atomic mass is 10.1. The van der Waals surface area contributed by atoms with Gasteiger partial charge in [-0.1, -0.05) is 12.1 Å². The summed E-state index contributed by atoms with van der Waals surface area (Å²) in [5.74, 6) is 2.80. The lowest BCUT2D eigenvalue weighted by Crippen LogP contribution is -2.29. The van der Waals surface area contributed by atoms with E-state index in [0.717, 1.165) is 29.2 Å². The van der Waals surface area contributed by atoms with Crippen LogP contribution in [0.25, 0.3) is 11.7 Å². The summed E-state index contributed by atoms with van der Waals surface area (Å²) in [5, 5.41) is 11.6. The van der Waals surface area contributed by atoms with Crippen molar-refractivity contribution in [3.63, 3.8) is 0 Å². The fraction of sp³-hybridized carbons (Fsp3) is 0.348. The van der Waals surface area contributed by atoms with Crippen molar-refractivity contribution in [1.29, 1.82) is 0 Å². The lowest BCUT2D eigenvalue weighted by molar-refractivity contribution is -0.117. The number of benzene rings is 1. The molecule has 0 aliphatic heterocycles. The molecule has 31 heavy (non-hydrogen) atoms. The van der Waals surface area contributed by atoms with E-state index < -0.39 is 0 Å². The molecule has 7 nitrogen and oxygen atoms in total. The second kappa shape index (κ2) is 11.4. The maximum atomic E-state index is 12.7. The molecule has 1 atom stereocenters. The van der Waals surface area contributed by atoms with Gasteiger partial charge in [-0.05, 0) is 68.2 Å². The number of hydrogen-bond acceptors (Lipinski definition) is 6. The predicted octanol–water partition coefficient (Wildman–Crippen LogP) is 4.15. The van der Waals surface area contributed by atoms with Gasteiger partial charge in [-0.15, -0.1) is 10.2 Å². The van der Waals surface area contributed by atoms with Crippen LogP contribution in [0.4, 0.5) is 0 Å². The van der Waals surface area contributed by atoms with Crippen molar-refractivity contribution in [3.05, 3.63) is 60.1 Å². The average molecular weight is 441 g/mol. The first-order valence-corrected chi connectivity index (χ1v) is 11.7. The van der Waals surface area contributed by atoms with Crippen LogP contribution in [0.5, 0.6) is 11.5 Å². The van der Waals surface area contributed by atoms with Crippen LogP contribution in [0.1, 0.15) is 37.7 Å². The highest BCUT2D eigenvalue weighted by molar-refractivity contribution is 7.98. The van der Waals surface area contributed by atoms with E-state index >= 15 is 0 Å². The maximum Gasteiger partial charge on any atom is 0.244 e. The number of carbonyl (C=O) groups excluding carboxylic acids is 1. The zero-order chi connectivity index (χ0) is 22.1. The second-order valence-corrected chi connectivity index (χ2v) is 7.72. The van der Waals surface area contributed by atoms with Gasteiger partial charge in [0.1, 0.15) is 0 Å². The fourth-order valence-electron chi connectivity index (χ4n) is 3.16. The first-order valence-electron chi connectivity index (χ1n) is 10.3. The Morgan fingerprint density at radius 1 is 1.16 bits per heavy atom. The standard InChI is InChI=1S/C23H28N4O3S/c1-4-29-19-11-9-17(16-20(19)30-5-2)10-12-22(28)24-18(13-15-31-3)23-26-25-21-8-6-7-14-27(21)23/h6-12,14,16,18H,4-5,13,15H2,1-3H3,(H,24,28)/b12-10+. The van der Waals surface area contributed by atoms with E-state index in [1.54, 1.807) is 17.8 Å². The predicted molar refractivity (Wildman–Crippen MR) is 125 cm³/mol. The third-order valence-corrected chi connectivity index (χ3v) is 5.22. The summed E-state index contributed by atoms with van der Waals surface area (Å²) in [7, 11) is 0. The number of carbonyl (C=O) groups is 1. The topological polar surface area (TPSA) is 77.8 Å². The van der Waals surface area contributed by atoms with Crippen LogP contribution in [0.3, 0.4) is 0 Å². The number of thioether (sulfide) groups is 1. The van der Waals surface area contributed by atoms with Crippen molar-refractivity contribution in [3.8, 4) is 11.5 Å². The Bertz CT molecular complexity index is 1030. The Kier molecular flexibility index (Phi) is 8.35. The smallest absolute Gasteiger partial charge is 0.244 e. The van der Waals surface area contributed by atoms with Gasteiger partial charge >= 0.3 is 0 Å². The molecule has 0 aliphatic rings. The number of fused-ring (bicyclic) bond motifs is 1. The maximum absolute atomic E-state index is 12.7. The molecule has 0 bridgehead atoms. The number of amides is 1. The molecule has 0 spiro atoms. The molecule has 0 saturated heterocycles. The summed E-state index contributed by atoms with van der Waals surface area (Å²) < 4.78 is 13.2. The van der Waals surface area contributed by atoms with Crippen LogP contribution < -0.4 is 14.8 Å². The van der Waals surface area contributed by atoms with E-state index in [9.17, 15) is 4.79 Å². The SMILES string of the molecule is CCOc1ccc(/C=C/C(=O)NC(CCSC)c2nnc3ccccn23)cc1OCC. The van der Waals surface area contributed by atoms with Gasteiger partial charge in [0.05, 0.1) is 19.3 Å². The van der Waals surface area contributed by atoms with E-state index in [-0.39, 0.29) is 11.9 Å². The number of nitrogens with zero attached hydrogens (tertiary/aromatic N) is 3. The first-order chi connectivity index (χ1) is 15.2. The van der Waals surface area contributed by atoms with Crippen LogP contribution >= 0.6 is 11.8 Å². The Morgan fingerprint density at radius 2 is 1.97 bits per heavy atom. The minimum absolute atomic E-state index is 0.189. The van der Waals surface area contributed by atoms with E-state index in [1.165, 1.54) is 6.08 Å². The zero-order valence-electron chi connectivity index (χ0n) is 18.1. The quantitative estimate of drug-likeness (QED) is 0.451. The highest BCUT2D eigenvalue weighted by Crippen LogP contribution is 2.29. The molecule has 0 fully saturated rings. The summed E-state index contributed by atoms with van der Waals surface area (Å²) in [6.45, 7) is 4.96. The Labute approximate surface area is 186 Å². The molecule has 164 valence electrons.